The van der Waals surface area contributed by atoms with Crippen LogP contribution in [0.2, 0.25) is 0 Å². The Morgan fingerprint density at radius 1 is 1.11 bits per heavy atom. The molecule has 0 bridgehead atoms. The van der Waals surface area contributed by atoms with E-state index in [9.17, 15) is 4.79 Å². The molecule has 0 unspecified atom stereocenters. The Kier molecular flexibility index (Phi) is 4.72. The molecule has 27 heavy (non-hydrogen) atoms. The number of amides is 1. The maximum atomic E-state index is 12.2. The Bertz CT molecular complexity index is 982. The minimum atomic E-state index is -0.125. The van der Waals surface area contributed by atoms with Gasteiger partial charge in [-0.1, -0.05) is 30.0 Å². The lowest BCUT2D eigenvalue weighted by molar-refractivity contribution is -0.113. The first-order valence-corrected chi connectivity index (χ1v) is 9.31. The van der Waals surface area contributed by atoms with Crippen molar-refractivity contribution in [3.05, 3.63) is 47.5 Å². The zero-order valence-corrected chi connectivity index (χ0v) is 15.6. The number of para-hydroxylation sites is 1. The molecule has 1 N–H and O–H groups in total. The number of carbonyl (C=O) groups excluding carboxylic acids is 1. The molecule has 0 radical (unpaired) electrons. The molecule has 2 heterocycles. The van der Waals surface area contributed by atoms with Gasteiger partial charge in [0, 0.05) is 11.3 Å². The summed E-state index contributed by atoms with van der Waals surface area (Å²) < 4.78 is 16.3. The van der Waals surface area contributed by atoms with Crippen molar-refractivity contribution in [3.8, 4) is 23.0 Å². The third-order valence-corrected chi connectivity index (χ3v) is 4.92. The molecule has 0 saturated heterocycles. The summed E-state index contributed by atoms with van der Waals surface area (Å²) in [6.07, 6.45) is 0. The van der Waals surface area contributed by atoms with Crippen molar-refractivity contribution in [1.29, 1.82) is 0 Å². The summed E-state index contributed by atoms with van der Waals surface area (Å²) in [5, 5.41) is 11.3. The van der Waals surface area contributed by atoms with E-state index in [0.29, 0.717) is 22.6 Å². The molecule has 0 atom stereocenters. The average Bonchev–Trinajstić information content (AvgIpc) is 3.31. The number of ether oxygens (including phenoxy) is 2. The van der Waals surface area contributed by atoms with E-state index < -0.39 is 0 Å². The Hall–Kier alpha value is -3.00. The molecule has 2 aromatic carbocycles. The maximum absolute atomic E-state index is 12.2. The number of carbonyl (C=O) groups is 1. The third kappa shape index (κ3) is 3.75. The van der Waals surface area contributed by atoms with Crippen molar-refractivity contribution in [2.24, 2.45) is 0 Å². The summed E-state index contributed by atoms with van der Waals surface area (Å²) in [7, 11) is 0. The lowest BCUT2D eigenvalue weighted by atomic mass is 10.1. The van der Waals surface area contributed by atoms with E-state index in [1.165, 1.54) is 11.8 Å². The van der Waals surface area contributed by atoms with Crippen LogP contribution in [0.5, 0.6) is 11.5 Å². The number of aromatic nitrogens is 2. The Balaban J connectivity index is 1.39. The van der Waals surface area contributed by atoms with E-state index >= 15 is 0 Å². The largest absolute Gasteiger partial charge is 0.454 e. The smallest absolute Gasteiger partial charge is 0.277 e. The predicted molar refractivity (Wildman–Crippen MR) is 101 cm³/mol. The molecule has 0 saturated carbocycles. The third-order valence-electron chi connectivity index (χ3n) is 4.10. The zero-order chi connectivity index (χ0) is 18.8. The molecular weight excluding hydrogens is 366 g/mol. The van der Waals surface area contributed by atoms with Gasteiger partial charge in [0.2, 0.25) is 18.6 Å². The average molecular weight is 383 g/mol. The molecule has 1 aliphatic heterocycles. The number of hydrogen-bond donors (Lipinski definition) is 1. The van der Waals surface area contributed by atoms with Crippen LogP contribution in [0, 0.1) is 13.8 Å². The van der Waals surface area contributed by atoms with Crippen molar-refractivity contribution in [1.82, 2.24) is 10.2 Å². The molecule has 0 aliphatic carbocycles. The van der Waals surface area contributed by atoms with Crippen molar-refractivity contribution in [3.63, 3.8) is 0 Å². The molecule has 138 valence electrons. The van der Waals surface area contributed by atoms with E-state index in [4.69, 9.17) is 13.9 Å². The number of anilines is 1. The highest BCUT2D eigenvalue weighted by atomic mass is 32.2. The van der Waals surface area contributed by atoms with Crippen LogP contribution in [-0.2, 0) is 4.79 Å². The van der Waals surface area contributed by atoms with Crippen LogP contribution in [0.1, 0.15) is 11.1 Å². The molecule has 7 nitrogen and oxygen atoms in total. The molecule has 1 aromatic heterocycles. The van der Waals surface area contributed by atoms with Crippen LogP contribution in [0.4, 0.5) is 5.69 Å². The first-order valence-electron chi connectivity index (χ1n) is 8.32. The first kappa shape index (κ1) is 17.4. The maximum Gasteiger partial charge on any atom is 0.277 e. The van der Waals surface area contributed by atoms with Gasteiger partial charge in [-0.2, -0.15) is 0 Å². The van der Waals surface area contributed by atoms with E-state index in [1.54, 1.807) is 12.1 Å². The summed E-state index contributed by atoms with van der Waals surface area (Å²) in [5.41, 5.74) is 3.63. The second-order valence-electron chi connectivity index (χ2n) is 6.04. The molecular formula is C19H17N3O4S. The fourth-order valence-corrected chi connectivity index (χ4v) is 3.29. The van der Waals surface area contributed by atoms with Crippen molar-refractivity contribution in [2.45, 2.75) is 19.1 Å². The Morgan fingerprint density at radius 3 is 2.70 bits per heavy atom. The van der Waals surface area contributed by atoms with Crippen LogP contribution < -0.4 is 14.8 Å². The normalized spacial score (nSPS) is 12.2. The standard InChI is InChI=1S/C19H17N3O4S/c1-11-4-3-5-12(2)17(11)20-16(23)9-27-19-22-21-18(26-19)13-6-7-14-15(8-13)25-10-24-14/h3-8H,9-10H2,1-2H3,(H,20,23). The Labute approximate surface area is 160 Å². The second kappa shape index (κ2) is 7.32. The number of hydrogen-bond acceptors (Lipinski definition) is 7. The second-order valence-corrected chi connectivity index (χ2v) is 6.97. The summed E-state index contributed by atoms with van der Waals surface area (Å²) in [4.78, 5) is 12.2. The quantitative estimate of drug-likeness (QED) is 0.670. The summed E-state index contributed by atoms with van der Waals surface area (Å²) in [6.45, 7) is 4.13. The van der Waals surface area contributed by atoms with Gasteiger partial charge in [-0.3, -0.25) is 4.79 Å². The van der Waals surface area contributed by atoms with Gasteiger partial charge in [-0.25, -0.2) is 0 Å². The predicted octanol–water partition coefficient (Wildman–Crippen LogP) is 3.81. The lowest BCUT2D eigenvalue weighted by Crippen LogP contribution is -2.15. The van der Waals surface area contributed by atoms with E-state index in [-0.39, 0.29) is 18.5 Å². The highest BCUT2D eigenvalue weighted by molar-refractivity contribution is 7.99. The van der Waals surface area contributed by atoms with Crippen molar-refractivity contribution in [2.75, 3.05) is 17.9 Å². The first-order chi connectivity index (χ1) is 13.1. The molecule has 1 amide bonds. The van der Waals surface area contributed by atoms with Gasteiger partial charge in [-0.05, 0) is 43.2 Å². The van der Waals surface area contributed by atoms with Crippen LogP contribution in [0.15, 0.2) is 46.0 Å². The van der Waals surface area contributed by atoms with E-state index in [2.05, 4.69) is 15.5 Å². The summed E-state index contributed by atoms with van der Waals surface area (Å²) in [5.74, 6) is 1.76. The van der Waals surface area contributed by atoms with Crippen molar-refractivity contribution >= 4 is 23.4 Å². The van der Waals surface area contributed by atoms with Crippen molar-refractivity contribution < 1.29 is 18.7 Å². The number of aryl methyl sites for hydroxylation is 2. The van der Waals surface area contributed by atoms with Gasteiger partial charge >= 0.3 is 0 Å². The highest BCUT2D eigenvalue weighted by Crippen LogP contribution is 2.36. The van der Waals surface area contributed by atoms with E-state index in [1.807, 2.05) is 38.1 Å². The minimum Gasteiger partial charge on any atom is -0.454 e. The van der Waals surface area contributed by atoms with E-state index in [0.717, 1.165) is 22.4 Å². The molecule has 0 fully saturated rings. The number of nitrogens with one attached hydrogen (secondary N) is 1. The van der Waals surface area contributed by atoms with Gasteiger partial charge in [0.05, 0.1) is 5.75 Å². The highest BCUT2D eigenvalue weighted by Gasteiger charge is 2.17. The van der Waals surface area contributed by atoms with Gasteiger partial charge < -0.3 is 19.2 Å². The van der Waals surface area contributed by atoms with Gasteiger partial charge in [-0.15, -0.1) is 10.2 Å². The topological polar surface area (TPSA) is 86.5 Å². The molecule has 1 aliphatic rings. The van der Waals surface area contributed by atoms with Gasteiger partial charge in [0.25, 0.3) is 5.22 Å². The molecule has 3 aromatic rings. The monoisotopic (exact) mass is 383 g/mol. The molecule has 0 spiro atoms. The summed E-state index contributed by atoms with van der Waals surface area (Å²) >= 11 is 1.19. The number of fused-ring (bicyclic) bond motifs is 1. The number of rotatable bonds is 5. The molecule has 4 rings (SSSR count). The van der Waals surface area contributed by atoms with Gasteiger partial charge in [0.1, 0.15) is 0 Å². The fraction of sp³-hybridized carbons (Fsp3) is 0.211. The van der Waals surface area contributed by atoms with Crippen LogP contribution in [0.25, 0.3) is 11.5 Å². The van der Waals surface area contributed by atoms with Gasteiger partial charge in [0.15, 0.2) is 11.5 Å². The van der Waals surface area contributed by atoms with Crippen LogP contribution >= 0.6 is 11.8 Å². The lowest BCUT2D eigenvalue weighted by Gasteiger charge is -2.10. The Morgan fingerprint density at radius 2 is 1.89 bits per heavy atom. The number of benzene rings is 2. The number of thioether (sulfide) groups is 1. The zero-order valence-electron chi connectivity index (χ0n) is 14.8. The molecule has 8 heteroatoms. The van der Waals surface area contributed by atoms with Crippen LogP contribution in [-0.4, -0.2) is 28.7 Å². The fourth-order valence-electron chi connectivity index (χ4n) is 2.73. The number of nitrogens with zero attached hydrogens (tertiary/aromatic N) is 2. The summed E-state index contributed by atoms with van der Waals surface area (Å²) in [6, 6.07) is 11.3. The van der Waals surface area contributed by atoms with Crippen LogP contribution in [0.3, 0.4) is 0 Å². The SMILES string of the molecule is Cc1cccc(C)c1NC(=O)CSc1nnc(-c2ccc3c(c2)OCO3)o1. The minimum absolute atomic E-state index is 0.125.